The Morgan fingerprint density at radius 1 is 0.971 bits per heavy atom. The summed E-state index contributed by atoms with van der Waals surface area (Å²) in [5.74, 6) is 0.453. The number of nitrogens with one attached hydrogen (secondary N) is 1. The molecule has 0 radical (unpaired) electrons. The van der Waals surface area contributed by atoms with Gasteiger partial charge in [0.25, 0.3) is 5.91 Å². The van der Waals surface area contributed by atoms with Crippen LogP contribution in [0.3, 0.4) is 0 Å². The number of benzene rings is 3. The number of hydrogen-bond acceptors (Lipinski definition) is 5. The number of hydrogen-bond donors (Lipinski definition) is 1. The molecule has 3 aromatic rings. The van der Waals surface area contributed by atoms with Gasteiger partial charge in [0.15, 0.2) is 9.84 Å². The zero-order valence-corrected chi connectivity index (χ0v) is 21.9. The van der Waals surface area contributed by atoms with Gasteiger partial charge in [-0.25, -0.2) is 8.42 Å². The molecule has 1 aliphatic heterocycles. The van der Waals surface area contributed by atoms with Crippen LogP contribution in [0.4, 0.5) is 0 Å². The molecule has 7 heteroatoms. The van der Waals surface area contributed by atoms with Crippen molar-refractivity contribution in [1.29, 1.82) is 0 Å². The van der Waals surface area contributed by atoms with Crippen LogP contribution in [0.25, 0.3) is 0 Å². The van der Waals surface area contributed by atoms with Gasteiger partial charge in [0, 0.05) is 29.8 Å². The number of sulfone groups is 1. The average molecular weight is 509 g/mol. The molecule has 1 saturated heterocycles. The number of carbonyl (C=O) groups excluding carboxylic acids is 1. The van der Waals surface area contributed by atoms with Gasteiger partial charge in [-0.15, -0.1) is 11.8 Å². The van der Waals surface area contributed by atoms with E-state index in [1.54, 1.807) is 23.9 Å². The summed E-state index contributed by atoms with van der Waals surface area (Å²) >= 11 is 1.66. The standard InChI is InChI=1S/C28H32N2O3S2/c1-34-26-10-8-24(9-11-26)28(31)29-19-22-4-3-5-25(18-22)23-14-16-30(17-15-23)20-21-6-12-27(13-7-21)35(2,32)33/h3-13,18,23H,14-17,19-20H2,1-2H3,(H,29,31). The fourth-order valence-electron chi connectivity index (χ4n) is 4.51. The summed E-state index contributed by atoms with van der Waals surface area (Å²) < 4.78 is 23.3. The SMILES string of the molecule is CSc1ccc(C(=O)NCc2cccc(C3CCN(Cc4ccc(S(C)(=O)=O)cc4)CC3)c2)cc1. The highest BCUT2D eigenvalue weighted by atomic mass is 32.2. The molecule has 0 spiro atoms. The second kappa shape index (κ2) is 11.4. The average Bonchev–Trinajstić information content (AvgIpc) is 2.88. The fourth-order valence-corrected chi connectivity index (χ4v) is 5.55. The molecule has 1 fully saturated rings. The van der Waals surface area contributed by atoms with E-state index in [0.717, 1.165) is 48.5 Å². The Morgan fingerprint density at radius 3 is 2.29 bits per heavy atom. The topological polar surface area (TPSA) is 66.5 Å². The van der Waals surface area contributed by atoms with Crippen LogP contribution in [-0.4, -0.2) is 44.8 Å². The van der Waals surface area contributed by atoms with E-state index in [1.807, 2.05) is 42.7 Å². The van der Waals surface area contributed by atoms with Crippen molar-refractivity contribution in [3.05, 3.63) is 95.1 Å². The normalized spacial score (nSPS) is 15.1. The molecule has 5 nitrogen and oxygen atoms in total. The Bertz CT molecular complexity index is 1250. The molecule has 0 saturated carbocycles. The lowest BCUT2D eigenvalue weighted by atomic mass is 9.88. The first-order valence-electron chi connectivity index (χ1n) is 11.8. The molecule has 35 heavy (non-hydrogen) atoms. The Hall–Kier alpha value is -2.61. The van der Waals surface area contributed by atoms with Gasteiger partial charge in [-0.2, -0.15) is 0 Å². The molecule has 4 rings (SSSR count). The summed E-state index contributed by atoms with van der Waals surface area (Å²) in [6, 6.07) is 23.5. The summed E-state index contributed by atoms with van der Waals surface area (Å²) in [6.07, 6.45) is 5.42. The molecule has 1 N–H and O–H groups in total. The number of piperidine rings is 1. The molecule has 1 aliphatic rings. The minimum atomic E-state index is -3.16. The van der Waals surface area contributed by atoms with Crippen LogP contribution >= 0.6 is 11.8 Å². The van der Waals surface area contributed by atoms with E-state index in [2.05, 4.69) is 34.5 Å². The van der Waals surface area contributed by atoms with E-state index in [0.29, 0.717) is 22.9 Å². The number of thioether (sulfide) groups is 1. The number of likely N-dealkylation sites (tertiary alicyclic amines) is 1. The first-order valence-corrected chi connectivity index (χ1v) is 15.0. The van der Waals surface area contributed by atoms with Crippen molar-refractivity contribution >= 4 is 27.5 Å². The third kappa shape index (κ3) is 6.97. The van der Waals surface area contributed by atoms with Gasteiger partial charge in [-0.05, 0) is 91.2 Å². The van der Waals surface area contributed by atoms with E-state index in [-0.39, 0.29) is 5.91 Å². The second-order valence-corrected chi connectivity index (χ2v) is 12.0. The third-order valence-corrected chi connectivity index (χ3v) is 8.45. The van der Waals surface area contributed by atoms with Gasteiger partial charge in [0.1, 0.15) is 0 Å². The lowest BCUT2D eigenvalue weighted by Gasteiger charge is -2.32. The van der Waals surface area contributed by atoms with Gasteiger partial charge in [0.05, 0.1) is 4.90 Å². The van der Waals surface area contributed by atoms with Gasteiger partial charge >= 0.3 is 0 Å². The Kier molecular flexibility index (Phi) is 8.31. The second-order valence-electron chi connectivity index (χ2n) is 9.12. The van der Waals surface area contributed by atoms with Gasteiger partial charge in [0.2, 0.25) is 0 Å². The monoisotopic (exact) mass is 508 g/mol. The van der Waals surface area contributed by atoms with Crippen molar-refractivity contribution < 1.29 is 13.2 Å². The lowest BCUT2D eigenvalue weighted by Crippen LogP contribution is -2.32. The fraction of sp³-hybridized carbons (Fsp3) is 0.321. The summed E-state index contributed by atoms with van der Waals surface area (Å²) in [7, 11) is -3.16. The van der Waals surface area contributed by atoms with Crippen LogP contribution in [0.2, 0.25) is 0 Å². The zero-order chi connectivity index (χ0) is 24.8. The molecule has 0 atom stereocenters. The highest BCUT2D eigenvalue weighted by Crippen LogP contribution is 2.29. The molecule has 0 bridgehead atoms. The molecular weight excluding hydrogens is 476 g/mol. The highest BCUT2D eigenvalue weighted by Gasteiger charge is 2.21. The molecule has 0 unspecified atom stereocenters. The minimum absolute atomic E-state index is 0.0547. The van der Waals surface area contributed by atoms with Crippen molar-refractivity contribution in [3.8, 4) is 0 Å². The third-order valence-electron chi connectivity index (χ3n) is 6.57. The van der Waals surface area contributed by atoms with Crippen LogP contribution in [0.1, 0.15) is 45.8 Å². The van der Waals surface area contributed by atoms with E-state index in [1.165, 1.54) is 11.8 Å². The Labute approximate surface area is 212 Å². The molecule has 1 amide bonds. The van der Waals surface area contributed by atoms with Crippen molar-refractivity contribution in [2.75, 3.05) is 25.6 Å². The molecule has 1 heterocycles. The van der Waals surface area contributed by atoms with Crippen LogP contribution in [0, 0.1) is 0 Å². The van der Waals surface area contributed by atoms with Gasteiger partial charge in [-0.3, -0.25) is 9.69 Å². The number of amides is 1. The maximum atomic E-state index is 12.5. The first kappa shape index (κ1) is 25.5. The Morgan fingerprint density at radius 2 is 1.66 bits per heavy atom. The largest absolute Gasteiger partial charge is 0.348 e. The quantitative estimate of drug-likeness (QED) is 0.428. The van der Waals surface area contributed by atoms with Crippen LogP contribution in [0.15, 0.2) is 82.6 Å². The van der Waals surface area contributed by atoms with E-state index in [9.17, 15) is 13.2 Å². The van der Waals surface area contributed by atoms with Crippen LogP contribution in [-0.2, 0) is 22.9 Å². The number of nitrogens with zero attached hydrogens (tertiary/aromatic N) is 1. The zero-order valence-electron chi connectivity index (χ0n) is 20.2. The first-order chi connectivity index (χ1) is 16.8. The van der Waals surface area contributed by atoms with Crippen molar-refractivity contribution in [3.63, 3.8) is 0 Å². The van der Waals surface area contributed by atoms with Gasteiger partial charge in [-0.1, -0.05) is 36.4 Å². The van der Waals surface area contributed by atoms with E-state index >= 15 is 0 Å². The van der Waals surface area contributed by atoms with Crippen molar-refractivity contribution in [2.45, 2.75) is 41.6 Å². The van der Waals surface area contributed by atoms with Crippen LogP contribution in [0.5, 0.6) is 0 Å². The van der Waals surface area contributed by atoms with E-state index < -0.39 is 9.84 Å². The molecule has 0 aliphatic carbocycles. The summed E-state index contributed by atoms with van der Waals surface area (Å²) in [4.78, 5) is 16.4. The molecular formula is C28H32N2O3S2. The number of rotatable bonds is 8. The highest BCUT2D eigenvalue weighted by molar-refractivity contribution is 7.98. The molecule has 0 aromatic heterocycles. The van der Waals surface area contributed by atoms with Gasteiger partial charge < -0.3 is 5.32 Å². The predicted octanol–water partition coefficient (Wildman–Crippen LogP) is 5.12. The summed E-state index contributed by atoms with van der Waals surface area (Å²) in [5, 5.41) is 3.04. The molecule has 3 aromatic carbocycles. The smallest absolute Gasteiger partial charge is 0.251 e. The van der Waals surface area contributed by atoms with Crippen LogP contribution < -0.4 is 5.32 Å². The summed E-state index contributed by atoms with van der Waals surface area (Å²) in [5.41, 5.74) is 4.26. The lowest BCUT2D eigenvalue weighted by molar-refractivity contribution is 0.0951. The number of carbonyl (C=O) groups is 1. The Balaban J connectivity index is 1.28. The maximum absolute atomic E-state index is 12.5. The van der Waals surface area contributed by atoms with Crippen molar-refractivity contribution in [1.82, 2.24) is 10.2 Å². The summed E-state index contributed by atoms with van der Waals surface area (Å²) in [6.45, 7) is 3.36. The maximum Gasteiger partial charge on any atom is 0.251 e. The van der Waals surface area contributed by atoms with E-state index in [4.69, 9.17) is 0 Å². The predicted molar refractivity (Wildman–Crippen MR) is 143 cm³/mol. The van der Waals surface area contributed by atoms with Crippen molar-refractivity contribution in [2.24, 2.45) is 0 Å². The minimum Gasteiger partial charge on any atom is -0.348 e. The molecule has 184 valence electrons.